The zero-order chi connectivity index (χ0) is 12.4. The highest BCUT2D eigenvalue weighted by Gasteiger charge is 2.32. The molecule has 0 unspecified atom stereocenters. The lowest BCUT2D eigenvalue weighted by Crippen LogP contribution is -2.23. The van der Waals surface area contributed by atoms with E-state index in [2.05, 4.69) is 10.6 Å². The first-order valence-corrected chi connectivity index (χ1v) is 6.88. The Morgan fingerprint density at radius 3 is 2.76 bits per heavy atom. The van der Waals surface area contributed by atoms with Gasteiger partial charge in [0.1, 0.15) is 4.88 Å². The van der Waals surface area contributed by atoms with Gasteiger partial charge in [0, 0.05) is 19.2 Å². The van der Waals surface area contributed by atoms with Crippen molar-refractivity contribution in [3.63, 3.8) is 0 Å². The molecule has 17 heavy (non-hydrogen) atoms. The lowest BCUT2D eigenvalue weighted by atomic mass is 10.1. The summed E-state index contributed by atoms with van der Waals surface area (Å²) in [6.07, 6.45) is 3.31. The fourth-order valence-electron chi connectivity index (χ4n) is 1.91. The molecule has 0 spiro atoms. The van der Waals surface area contributed by atoms with Crippen LogP contribution in [0.3, 0.4) is 0 Å². The van der Waals surface area contributed by atoms with Gasteiger partial charge < -0.3 is 16.4 Å². The van der Waals surface area contributed by atoms with E-state index in [1.165, 1.54) is 24.2 Å². The maximum Gasteiger partial charge on any atom is 0.263 e. The van der Waals surface area contributed by atoms with Crippen molar-refractivity contribution in [1.29, 1.82) is 0 Å². The number of thiophene rings is 1. The second-order valence-electron chi connectivity index (χ2n) is 4.37. The average Bonchev–Trinajstić information content (AvgIpc) is 3.10. The van der Waals surface area contributed by atoms with Gasteiger partial charge in [-0.1, -0.05) is 6.92 Å². The summed E-state index contributed by atoms with van der Waals surface area (Å²) in [5, 5.41) is 7.07. The van der Waals surface area contributed by atoms with Gasteiger partial charge >= 0.3 is 0 Å². The Hall–Kier alpha value is -1.23. The van der Waals surface area contributed by atoms with Gasteiger partial charge in [-0.15, -0.1) is 11.3 Å². The van der Waals surface area contributed by atoms with Gasteiger partial charge in [-0.2, -0.15) is 0 Å². The van der Waals surface area contributed by atoms with E-state index in [9.17, 15) is 4.79 Å². The van der Waals surface area contributed by atoms with Crippen molar-refractivity contribution >= 4 is 27.9 Å². The number of nitrogens with two attached hydrogens (primary N) is 1. The monoisotopic (exact) mass is 253 g/mol. The second kappa shape index (κ2) is 4.96. The maximum atomic E-state index is 11.9. The topological polar surface area (TPSA) is 67.2 Å². The van der Waals surface area contributed by atoms with Crippen LogP contribution < -0.4 is 16.4 Å². The minimum atomic E-state index is -0.0437. The number of rotatable bonds is 5. The average molecular weight is 253 g/mol. The van der Waals surface area contributed by atoms with Crippen molar-refractivity contribution < 1.29 is 4.79 Å². The van der Waals surface area contributed by atoms with Crippen molar-refractivity contribution in [2.45, 2.75) is 32.1 Å². The number of amides is 1. The first kappa shape index (κ1) is 12.2. The molecule has 2 rings (SSSR count). The maximum absolute atomic E-state index is 11.9. The summed E-state index contributed by atoms with van der Waals surface area (Å²) in [7, 11) is 1.88. The minimum Gasteiger partial charge on any atom is -0.397 e. The number of carbonyl (C=O) groups is 1. The third-order valence-electron chi connectivity index (χ3n) is 2.94. The van der Waals surface area contributed by atoms with Crippen molar-refractivity contribution in [2.24, 2.45) is 0 Å². The molecule has 1 aromatic rings. The number of anilines is 2. The first-order chi connectivity index (χ1) is 8.19. The molecule has 1 heterocycles. The van der Waals surface area contributed by atoms with E-state index in [4.69, 9.17) is 5.73 Å². The molecule has 4 N–H and O–H groups in total. The molecule has 0 bridgehead atoms. The van der Waals surface area contributed by atoms with Crippen LogP contribution in [0, 0.1) is 0 Å². The smallest absolute Gasteiger partial charge is 0.263 e. The van der Waals surface area contributed by atoms with Crippen LogP contribution in [0.5, 0.6) is 0 Å². The van der Waals surface area contributed by atoms with E-state index in [1.807, 2.05) is 14.0 Å². The zero-order valence-electron chi connectivity index (χ0n) is 10.3. The zero-order valence-corrected chi connectivity index (χ0v) is 11.1. The molecule has 1 saturated carbocycles. The van der Waals surface area contributed by atoms with E-state index in [1.54, 1.807) is 0 Å². The predicted molar refractivity (Wildman–Crippen MR) is 72.9 cm³/mol. The van der Waals surface area contributed by atoms with E-state index in [0.29, 0.717) is 23.0 Å². The van der Waals surface area contributed by atoms with Crippen LogP contribution in [-0.4, -0.2) is 19.5 Å². The van der Waals surface area contributed by atoms with E-state index in [0.717, 1.165) is 17.0 Å². The molecule has 0 saturated heterocycles. The standard InChI is InChI=1S/C12H19N3OS/c1-3-6-15-11(16)10-9(13)8(7-4-5-7)12(14-2)17-10/h7,14H,3-6,13H2,1-2H3,(H,15,16). The summed E-state index contributed by atoms with van der Waals surface area (Å²) in [6.45, 7) is 2.73. The molecule has 4 nitrogen and oxygen atoms in total. The van der Waals surface area contributed by atoms with Gasteiger partial charge in [0.15, 0.2) is 0 Å². The van der Waals surface area contributed by atoms with Gasteiger partial charge in [0.25, 0.3) is 5.91 Å². The van der Waals surface area contributed by atoms with Crippen molar-refractivity contribution in [3.8, 4) is 0 Å². The summed E-state index contributed by atoms with van der Waals surface area (Å²) in [4.78, 5) is 12.6. The first-order valence-electron chi connectivity index (χ1n) is 6.07. The van der Waals surface area contributed by atoms with Crippen LogP contribution >= 0.6 is 11.3 Å². The highest BCUT2D eigenvalue weighted by molar-refractivity contribution is 7.18. The fourth-order valence-corrected chi connectivity index (χ4v) is 2.98. The molecule has 1 aromatic heterocycles. The van der Waals surface area contributed by atoms with Gasteiger partial charge in [-0.05, 0) is 25.2 Å². The Labute approximate surface area is 106 Å². The summed E-state index contributed by atoms with van der Waals surface area (Å²) >= 11 is 1.46. The Kier molecular flexibility index (Phi) is 3.57. The molecule has 1 fully saturated rings. The molecule has 1 aliphatic carbocycles. The SMILES string of the molecule is CCCNC(=O)c1sc(NC)c(C2CC2)c1N. The number of nitrogen functional groups attached to an aromatic ring is 1. The minimum absolute atomic E-state index is 0.0437. The van der Waals surface area contributed by atoms with Gasteiger partial charge in [-0.25, -0.2) is 0 Å². The van der Waals surface area contributed by atoms with Crippen LogP contribution in [0.4, 0.5) is 10.7 Å². The molecule has 1 amide bonds. The molecule has 1 aliphatic rings. The molecule has 0 aromatic carbocycles. The summed E-state index contributed by atoms with van der Waals surface area (Å²) in [6, 6.07) is 0. The fraction of sp³-hybridized carbons (Fsp3) is 0.583. The Balaban J connectivity index is 2.25. The molecular weight excluding hydrogens is 234 g/mol. The lowest BCUT2D eigenvalue weighted by Gasteiger charge is -2.03. The molecule has 0 atom stereocenters. The van der Waals surface area contributed by atoms with Crippen LogP contribution in [0.25, 0.3) is 0 Å². The quantitative estimate of drug-likeness (QED) is 0.754. The predicted octanol–water partition coefficient (Wildman–Crippen LogP) is 2.39. The third kappa shape index (κ3) is 2.39. The van der Waals surface area contributed by atoms with E-state index in [-0.39, 0.29) is 5.91 Å². The second-order valence-corrected chi connectivity index (χ2v) is 5.39. The molecular formula is C12H19N3OS. The van der Waals surface area contributed by atoms with Crippen LogP contribution in [0.15, 0.2) is 0 Å². The van der Waals surface area contributed by atoms with Crippen molar-refractivity contribution in [2.75, 3.05) is 24.6 Å². The van der Waals surface area contributed by atoms with Gasteiger partial charge in [0.05, 0.1) is 10.7 Å². The van der Waals surface area contributed by atoms with Gasteiger partial charge in [0.2, 0.25) is 0 Å². The van der Waals surface area contributed by atoms with Crippen LogP contribution in [0.1, 0.15) is 47.3 Å². The summed E-state index contributed by atoms with van der Waals surface area (Å²) < 4.78 is 0. The van der Waals surface area contributed by atoms with Crippen molar-refractivity contribution in [3.05, 3.63) is 10.4 Å². The molecule has 0 radical (unpaired) electrons. The largest absolute Gasteiger partial charge is 0.397 e. The lowest BCUT2D eigenvalue weighted by molar-refractivity contribution is 0.0958. The molecule has 94 valence electrons. The van der Waals surface area contributed by atoms with Crippen molar-refractivity contribution in [1.82, 2.24) is 5.32 Å². The van der Waals surface area contributed by atoms with E-state index >= 15 is 0 Å². The molecule has 0 aliphatic heterocycles. The Bertz CT molecular complexity index is 424. The van der Waals surface area contributed by atoms with Gasteiger partial charge in [-0.3, -0.25) is 4.79 Å². The normalized spacial score (nSPS) is 14.7. The Morgan fingerprint density at radius 2 is 2.24 bits per heavy atom. The van der Waals surface area contributed by atoms with E-state index < -0.39 is 0 Å². The number of nitrogens with one attached hydrogen (secondary N) is 2. The van der Waals surface area contributed by atoms with Crippen LogP contribution in [0.2, 0.25) is 0 Å². The highest BCUT2D eigenvalue weighted by atomic mass is 32.1. The summed E-state index contributed by atoms with van der Waals surface area (Å²) in [5.74, 6) is 0.513. The Morgan fingerprint density at radius 1 is 1.53 bits per heavy atom. The van der Waals surface area contributed by atoms with Crippen LogP contribution in [-0.2, 0) is 0 Å². The number of hydrogen-bond acceptors (Lipinski definition) is 4. The third-order valence-corrected chi connectivity index (χ3v) is 4.18. The number of carbonyl (C=O) groups excluding carboxylic acids is 1. The molecule has 5 heteroatoms. The number of hydrogen-bond donors (Lipinski definition) is 3. The highest BCUT2D eigenvalue weighted by Crippen LogP contribution is 2.50. The summed E-state index contributed by atoms with van der Waals surface area (Å²) in [5.41, 5.74) is 7.93.